The molecule has 0 unspecified atom stereocenters. The maximum atomic E-state index is 12.4. The van der Waals surface area contributed by atoms with Crippen molar-refractivity contribution in [2.24, 2.45) is 14.1 Å². The molecule has 50 heavy (non-hydrogen) atoms. The van der Waals surface area contributed by atoms with Crippen molar-refractivity contribution in [1.29, 1.82) is 0 Å². The van der Waals surface area contributed by atoms with Gasteiger partial charge in [-0.15, -0.1) is 0 Å². The highest BCUT2D eigenvalue weighted by molar-refractivity contribution is 8.13. The van der Waals surface area contributed by atoms with Crippen LogP contribution in [0.4, 0.5) is 0 Å². The first-order valence-electron chi connectivity index (χ1n) is 15.6. The summed E-state index contributed by atoms with van der Waals surface area (Å²) in [5.74, 6) is 0.979. The number of hydrogen-bond donors (Lipinski definition) is 3. The third-order valence-electron chi connectivity index (χ3n) is 7.77. The molecule has 0 saturated carbocycles. The molecule has 264 valence electrons. The van der Waals surface area contributed by atoms with Crippen molar-refractivity contribution >= 4 is 51.9 Å². The zero-order chi connectivity index (χ0) is 36.4. The number of aryl methyl sites for hydroxylation is 4. The number of H-pyrrole nitrogens is 2. The molecule has 0 fully saturated rings. The first kappa shape index (κ1) is 36.6. The van der Waals surface area contributed by atoms with Gasteiger partial charge in [0.25, 0.3) is 30.3 Å². The lowest BCUT2D eigenvalue weighted by atomic mass is 10.1. The molecule has 0 spiro atoms. The van der Waals surface area contributed by atoms with E-state index in [0.29, 0.717) is 46.6 Å². The highest BCUT2D eigenvalue weighted by Crippen LogP contribution is 2.19. The molecular weight excluding hydrogens is 708 g/mol. The smallest absolute Gasteiger partial charge is 0.294 e. The van der Waals surface area contributed by atoms with Crippen LogP contribution >= 0.6 is 10.7 Å². The molecule has 15 nitrogen and oxygen atoms in total. The summed E-state index contributed by atoms with van der Waals surface area (Å²) in [6.45, 7) is 4.08. The van der Waals surface area contributed by atoms with Crippen molar-refractivity contribution in [3.8, 4) is 0 Å². The fraction of sp³-hybridized carbons (Fsp3) is 0.312. The second kappa shape index (κ2) is 14.6. The fourth-order valence-electron chi connectivity index (χ4n) is 5.50. The van der Waals surface area contributed by atoms with E-state index in [1.54, 1.807) is 43.0 Å². The molecule has 0 aliphatic heterocycles. The Bertz CT molecular complexity index is 2350. The summed E-state index contributed by atoms with van der Waals surface area (Å²) in [6.07, 6.45) is 3.98. The minimum absolute atomic E-state index is 0.0345. The average Bonchev–Trinajstić information content (AvgIpc) is 3.52. The SMILES string of the molecule is CCCc1nn(C)c2c(=O)[nH]c(Cc3ccc(S(=O)(=O)Cl)cc3)nc12.CCCc1nn(C)c2c(=O)[nH]c(Cc3ccc(S(=O)(=O)O)cc3)nc12. The van der Waals surface area contributed by atoms with E-state index in [4.69, 9.17) is 15.2 Å². The van der Waals surface area contributed by atoms with Crippen LogP contribution in [0.1, 0.15) is 60.9 Å². The second-order valence-electron chi connectivity index (χ2n) is 11.6. The van der Waals surface area contributed by atoms with Gasteiger partial charge >= 0.3 is 0 Å². The van der Waals surface area contributed by atoms with Gasteiger partial charge in [-0.3, -0.25) is 23.5 Å². The highest BCUT2D eigenvalue weighted by atomic mass is 35.7. The number of rotatable bonds is 10. The van der Waals surface area contributed by atoms with E-state index >= 15 is 0 Å². The summed E-state index contributed by atoms with van der Waals surface area (Å²) in [4.78, 5) is 39.2. The predicted octanol–water partition coefficient (Wildman–Crippen LogP) is 3.57. The third kappa shape index (κ3) is 8.18. The topological polar surface area (TPSA) is 216 Å². The number of aromatic nitrogens is 8. The summed E-state index contributed by atoms with van der Waals surface area (Å²) in [5.41, 5.74) is 4.77. The van der Waals surface area contributed by atoms with Crippen LogP contribution in [0, 0.1) is 0 Å². The number of fused-ring (bicyclic) bond motifs is 2. The number of hydrogen-bond acceptors (Lipinski definition) is 10. The molecule has 0 amide bonds. The Labute approximate surface area is 291 Å². The molecule has 3 N–H and O–H groups in total. The summed E-state index contributed by atoms with van der Waals surface area (Å²) in [7, 11) is 0.779. The Hall–Kier alpha value is -4.71. The van der Waals surface area contributed by atoms with Crippen LogP contribution < -0.4 is 11.1 Å². The van der Waals surface area contributed by atoms with E-state index in [-0.39, 0.29) is 20.9 Å². The van der Waals surface area contributed by atoms with E-state index in [1.807, 2.05) is 13.8 Å². The Morgan fingerprint density at radius 2 is 1.06 bits per heavy atom. The lowest BCUT2D eigenvalue weighted by Crippen LogP contribution is -2.14. The van der Waals surface area contributed by atoms with E-state index in [1.165, 1.54) is 28.9 Å². The lowest BCUT2D eigenvalue weighted by molar-refractivity contribution is 0.483. The third-order valence-corrected chi connectivity index (χ3v) is 10.0. The van der Waals surface area contributed by atoms with Gasteiger partial charge in [0.2, 0.25) is 0 Å². The maximum Gasteiger partial charge on any atom is 0.294 e. The van der Waals surface area contributed by atoms with Gasteiger partial charge in [-0.1, -0.05) is 51.0 Å². The van der Waals surface area contributed by atoms with Crippen LogP contribution in [0.2, 0.25) is 0 Å². The van der Waals surface area contributed by atoms with E-state index in [9.17, 15) is 26.4 Å². The largest absolute Gasteiger partial charge is 0.308 e. The lowest BCUT2D eigenvalue weighted by Gasteiger charge is -2.04. The zero-order valence-corrected chi connectivity index (χ0v) is 30.0. The highest BCUT2D eigenvalue weighted by Gasteiger charge is 2.17. The maximum absolute atomic E-state index is 12.4. The quantitative estimate of drug-likeness (QED) is 0.136. The number of aromatic amines is 2. The van der Waals surface area contributed by atoms with Gasteiger partial charge in [-0.25, -0.2) is 18.4 Å². The van der Waals surface area contributed by atoms with Crippen molar-refractivity contribution < 1.29 is 21.4 Å². The van der Waals surface area contributed by atoms with Crippen LogP contribution in [0.5, 0.6) is 0 Å². The number of nitrogens with one attached hydrogen (secondary N) is 2. The van der Waals surface area contributed by atoms with Gasteiger partial charge in [0.05, 0.1) is 21.2 Å². The van der Waals surface area contributed by atoms with Crippen LogP contribution in [0.25, 0.3) is 22.1 Å². The average molecular weight is 743 g/mol. The Balaban J connectivity index is 0.000000194. The minimum atomic E-state index is -4.22. The molecule has 6 aromatic rings. The van der Waals surface area contributed by atoms with Crippen molar-refractivity contribution in [3.05, 3.63) is 103 Å². The zero-order valence-electron chi connectivity index (χ0n) is 27.6. The van der Waals surface area contributed by atoms with Crippen molar-refractivity contribution in [2.75, 3.05) is 0 Å². The normalized spacial score (nSPS) is 12.0. The van der Waals surface area contributed by atoms with Gasteiger partial charge < -0.3 is 9.97 Å². The Morgan fingerprint density at radius 3 is 1.40 bits per heavy atom. The Kier molecular flexibility index (Phi) is 10.7. The van der Waals surface area contributed by atoms with Crippen LogP contribution in [0.3, 0.4) is 0 Å². The molecule has 4 aromatic heterocycles. The van der Waals surface area contributed by atoms with Crippen LogP contribution in [-0.2, 0) is 58.9 Å². The monoisotopic (exact) mass is 742 g/mol. The molecule has 0 aliphatic carbocycles. The van der Waals surface area contributed by atoms with Crippen molar-refractivity contribution in [3.63, 3.8) is 0 Å². The van der Waals surface area contributed by atoms with Gasteiger partial charge in [-0.05, 0) is 48.2 Å². The minimum Gasteiger partial charge on any atom is -0.308 e. The van der Waals surface area contributed by atoms with Crippen molar-refractivity contribution in [1.82, 2.24) is 39.5 Å². The number of halogens is 1. The van der Waals surface area contributed by atoms with E-state index in [0.717, 1.165) is 48.2 Å². The molecule has 6 rings (SSSR count). The summed E-state index contributed by atoms with van der Waals surface area (Å²) < 4.78 is 56.8. The molecule has 0 aliphatic rings. The summed E-state index contributed by atoms with van der Waals surface area (Å²) in [5, 5.41) is 8.75. The van der Waals surface area contributed by atoms with Gasteiger partial charge in [0, 0.05) is 37.6 Å². The predicted molar refractivity (Wildman–Crippen MR) is 188 cm³/mol. The van der Waals surface area contributed by atoms with Crippen LogP contribution in [0.15, 0.2) is 67.9 Å². The van der Waals surface area contributed by atoms with Gasteiger partial charge in [0.1, 0.15) is 22.7 Å². The van der Waals surface area contributed by atoms with Crippen LogP contribution in [-0.4, -0.2) is 60.9 Å². The fourth-order valence-corrected chi connectivity index (χ4v) is 6.75. The molecule has 18 heteroatoms. The number of nitrogens with zero attached hydrogens (tertiary/aromatic N) is 6. The second-order valence-corrected chi connectivity index (χ2v) is 15.6. The first-order valence-corrected chi connectivity index (χ1v) is 19.3. The molecule has 4 heterocycles. The molecular formula is C32H35ClN8O7S2. The van der Waals surface area contributed by atoms with Gasteiger partial charge in [0.15, 0.2) is 11.0 Å². The molecule has 0 saturated heterocycles. The molecule has 0 radical (unpaired) electrons. The summed E-state index contributed by atoms with van der Waals surface area (Å²) in [6, 6.07) is 11.9. The number of benzene rings is 2. The first-order chi connectivity index (χ1) is 23.6. The molecule has 0 bridgehead atoms. The Morgan fingerprint density at radius 1 is 0.680 bits per heavy atom. The summed E-state index contributed by atoms with van der Waals surface area (Å²) >= 11 is 0. The van der Waals surface area contributed by atoms with Gasteiger partial charge in [-0.2, -0.15) is 18.6 Å². The van der Waals surface area contributed by atoms with E-state index in [2.05, 4.69) is 30.1 Å². The van der Waals surface area contributed by atoms with Crippen molar-refractivity contribution in [2.45, 2.75) is 62.2 Å². The molecule has 0 atom stereocenters. The molecule has 2 aromatic carbocycles. The van der Waals surface area contributed by atoms with E-state index < -0.39 is 19.2 Å². The standard InChI is InChI=1S/C16H17ClN4O3S.C16H18N4O4S/c1-3-4-12-14-15(21(2)20-12)16(22)19-13(18-14)9-10-5-7-11(8-6-10)25(17,23)24;1-3-4-12-14-15(20(2)19-12)16(21)18-13(17-14)9-10-5-7-11(8-6-10)25(22,23)24/h5-8H,3-4,9H2,1-2H3,(H,18,19,22);5-8H,3-4,9H2,1-2H3,(H,17,18,21)(H,22,23,24).